The van der Waals surface area contributed by atoms with Gasteiger partial charge in [0.2, 0.25) is 11.4 Å². The second-order valence-corrected chi connectivity index (χ2v) is 8.22. The van der Waals surface area contributed by atoms with Gasteiger partial charge in [-0.2, -0.15) is 0 Å². The molecule has 0 aromatic heterocycles. The van der Waals surface area contributed by atoms with Gasteiger partial charge < -0.3 is 23.7 Å². The normalized spacial score (nSPS) is 18.1. The Labute approximate surface area is 180 Å². The van der Waals surface area contributed by atoms with Gasteiger partial charge in [0, 0.05) is 24.0 Å². The molecule has 162 valence electrons. The molecule has 0 amide bonds. The van der Waals surface area contributed by atoms with Gasteiger partial charge in [0.25, 0.3) is 0 Å². The average molecular weight is 424 g/mol. The van der Waals surface area contributed by atoms with Crippen molar-refractivity contribution in [1.29, 1.82) is 0 Å². The third-order valence-electron chi connectivity index (χ3n) is 6.05. The van der Waals surface area contributed by atoms with Gasteiger partial charge in [-0.25, -0.2) is 9.59 Å². The Bertz CT molecular complexity index is 1050. The van der Waals surface area contributed by atoms with Crippen molar-refractivity contribution in [3.63, 3.8) is 0 Å². The summed E-state index contributed by atoms with van der Waals surface area (Å²) < 4.78 is 28.2. The highest BCUT2D eigenvalue weighted by Gasteiger charge is 2.55. The van der Waals surface area contributed by atoms with E-state index in [4.69, 9.17) is 23.7 Å². The maximum absolute atomic E-state index is 12.8. The van der Waals surface area contributed by atoms with E-state index >= 15 is 0 Å². The van der Waals surface area contributed by atoms with E-state index < -0.39 is 5.60 Å². The minimum Gasteiger partial charge on any atom is -0.493 e. The van der Waals surface area contributed by atoms with Crippen molar-refractivity contribution in [2.45, 2.75) is 37.9 Å². The highest BCUT2D eigenvalue weighted by Crippen LogP contribution is 2.51. The lowest BCUT2D eigenvalue weighted by Crippen LogP contribution is -2.32. The number of rotatable bonds is 8. The molecule has 1 heterocycles. The number of methoxy groups -OCH3 is 2. The fraction of sp³-hybridized carbons (Fsp3) is 0.417. The molecule has 2 aromatic rings. The summed E-state index contributed by atoms with van der Waals surface area (Å²) in [4.78, 5) is 24.9. The van der Waals surface area contributed by atoms with Crippen LogP contribution in [0, 0.1) is 5.92 Å². The number of fused-ring (bicyclic) bond motifs is 1. The number of hydrogen-bond donors (Lipinski definition) is 0. The van der Waals surface area contributed by atoms with Crippen molar-refractivity contribution in [3.05, 3.63) is 41.5 Å². The van der Waals surface area contributed by atoms with Gasteiger partial charge in [0.15, 0.2) is 11.5 Å². The topological polar surface area (TPSA) is 80.3 Å². The van der Waals surface area contributed by atoms with Crippen LogP contribution in [0.4, 0.5) is 0 Å². The number of cyclic esters (lactones) is 1. The molecular formula is C24H24O7. The monoisotopic (exact) mass is 424 g/mol. The third kappa shape index (κ3) is 3.48. The van der Waals surface area contributed by atoms with Crippen LogP contribution in [-0.4, -0.2) is 38.4 Å². The fourth-order valence-electron chi connectivity index (χ4n) is 3.88. The predicted octanol–water partition coefficient (Wildman–Crippen LogP) is 3.91. The summed E-state index contributed by atoms with van der Waals surface area (Å²) in [6, 6.07) is 9.08. The minimum absolute atomic E-state index is 0.187. The van der Waals surface area contributed by atoms with E-state index in [9.17, 15) is 9.59 Å². The first-order chi connectivity index (χ1) is 15.1. The zero-order valence-electron chi connectivity index (χ0n) is 17.6. The van der Waals surface area contributed by atoms with Crippen LogP contribution in [0.5, 0.6) is 17.2 Å². The van der Waals surface area contributed by atoms with Crippen LogP contribution in [0.25, 0.3) is 11.1 Å². The van der Waals surface area contributed by atoms with Crippen LogP contribution in [0.3, 0.4) is 0 Å². The van der Waals surface area contributed by atoms with Crippen molar-refractivity contribution in [2.24, 2.45) is 5.92 Å². The Morgan fingerprint density at radius 1 is 1.03 bits per heavy atom. The van der Waals surface area contributed by atoms with Crippen LogP contribution in [0.1, 0.15) is 41.6 Å². The van der Waals surface area contributed by atoms with E-state index in [1.165, 1.54) is 7.11 Å². The maximum atomic E-state index is 12.8. The van der Waals surface area contributed by atoms with E-state index in [0.717, 1.165) is 24.0 Å². The van der Waals surface area contributed by atoms with Crippen LogP contribution in [0.15, 0.2) is 30.3 Å². The summed E-state index contributed by atoms with van der Waals surface area (Å²) in [7, 11) is 3.08. The molecule has 0 bridgehead atoms. The molecule has 2 aromatic carbocycles. The molecule has 0 radical (unpaired) electrons. The molecule has 31 heavy (non-hydrogen) atoms. The fourth-order valence-corrected chi connectivity index (χ4v) is 3.88. The summed E-state index contributed by atoms with van der Waals surface area (Å²) >= 11 is 0. The first-order valence-corrected chi connectivity index (χ1v) is 10.5. The molecule has 0 saturated heterocycles. The van der Waals surface area contributed by atoms with Crippen molar-refractivity contribution in [2.75, 3.05) is 20.8 Å². The van der Waals surface area contributed by atoms with Crippen molar-refractivity contribution >= 4 is 11.9 Å². The highest BCUT2D eigenvalue weighted by molar-refractivity contribution is 5.97. The lowest BCUT2D eigenvalue weighted by atomic mass is 9.95. The van der Waals surface area contributed by atoms with Gasteiger partial charge >= 0.3 is 11.9 Å². The lowest BCUT2D eigenvalue weighted by Gasteiger charge is -2.23. The molecule has 0 atom stereocenters. The molecule has 7 nitrogen and oxygen atoms in total. The standard InChI is InChI=1S/C24H24O7/c1-27-19-9-8-16(15-4-3-5-17-18(15)13-29-22(17)25)20(21(19)28-2)31-24(10-11-24)23(26)30-12-14-6-7-14/h3-5,8-9,14H,6-7,10-13H2,1-2H3. The summed E-state index contributed by atoms with van der Waals surface area (Å²) in [5, 5.41) is 0. The zero-order chi connectivity index (χ0) is 21.6. The van der Waals surface area contributed by atoms with E-state index in [1.54, 1.807) is 25.3 Å². The molecule has 1 aliphatic heterocycles. The summed E-state index contributed by atoms with van der Waals surface area (Å²) in [6.45, 7) is 0.629. The van der Waals surface area contributed by atoms with Gasteiger partial charge in [0.1, 0.15) is 6.61 Å². The first kappa shape index (κ1) is 19.7. The SMILES string of the molecule is COc1ccc(-c2cccc3c2COC3=O)c(OC2(C(=O)OCC3CC3)CC2)c1OC. The van der Waals surface area contributed by atoms with Crippen molar-refractivity contribution in [1.82, 2.24) is 0 Å². The van der Waals surface area contributed by atoms with E-state index in [2.05, 4.69) is 0 Å². The van der Waals surface area contributed by atoms with Crippen LogP contribution < -0.4 is 14.2 Å². The molecule has 5 rings (SSSR count). The quantitative estimate of drug-likeness (QED) is 0.595. The average Bonchev–Trinajstić information content (AvgIpc) is 3.72. The zero-order valence-corrected chi connectivity index (χ0v) is 17.6. The molecule has 0 spiro atoms. The number of hydrogen-bond acceptors (Lipinski definition) is 7. The predicted molar refractivity (Wildman–Crippen MR) is 110 cm³/mol. The van der Waals surface area contributed by atoms with Gasteiger partial charge in [-0.05, 0) is 42.5 Å². The second-order valence-electron chi connectivity index (χ2n) is 8.22. The van der Waals surface area contributed by atoms with Crippen molar-refractivity contribution < 1.29 is 33.3 Å². The van der Waals surface area contributed by atoms with Gasteiger partial charge in [-0.15, -0.1) is 0 Å². The lowest BCUT2D eigenvalue weighted by molar-refractivity contribution is -0.154. The molecule has 3 aliphatic rings. The second kappa shape index (κ2) is 7.48. The molecule has 2 saturated carbocycles. The molecule has 2 fully saturated rings. The summed E-state index contributed by atoms with van der Waals surface area (Å²) in [6.07, 6.45) is 3.36. The third-order valence-corrected chi connectivity index (χ3v) is 6.05. The van der Waals surface area contributed by atoms with Crippen LogP contribution >= 0.6 is 0 Å². The Hall–Kier alpha value is -3.22. The van der Waals surface area contributed by atoms with Gasteiger partial charge in [0.05, 0.1) is 26.4 Å². The Morgan fingerprint density at radius 2 is 1.81 bits per heavy atom. The summed E-state index contributed by atoms with van der Waals surface area (Å²) in [5.74, 6) is 1.07. The summed E-state index contributed by atoms with van der Waals surface area (Å²) in [5.41, 5.74) is 1.79. The highest BCUT2D eigenvalue weighted by atomic mass is 16.6. The Balaban J connectivity index is 1.56. The van der Waals surface area contributed by atoms with Gasteiger partial charge in [-0.3, -0.25) is 0 Å². The van der Waals surface area contributed by atoms with Crippen LogP contribution in [-0.2, 0) is 20.9 Å². The number of ether oxygens (including phenoxy) is 5. The first-order valence-electron chi connectivity index (χ1n) is 10.5. The van der Waals surface area contributed by atoms with Crippen molar-refractivity contribution in [3.8, 4) is 28.4 Å². The van der Waals surface area contributed by atoms with Crippen LogP contribution in [0.2, 0.25) is 0 Å². The minimum atomic E-state index is -1.02. The molecule has 0 unspecified atom stereocenters. The largest absolute Gasteiger partial charge is 0.493 e. The molecule has 7 heteroatoms. The number of benzene rings is 2. The molecule has 2 aliphatic carbocycles. The number of carbonyl (C=O) groups is 2. The number of carbonyl (C=O) groups excluding carboxylic acids is 2. The molecular weight excluding hydrogens is 400 g/mol. The Morgan fingerprint density at radius 3 is 2.48 bits per heavy atom. The maximum Gasteiger partial charge on any atom is 0.350 e. The van der Waals surface area contributed by atoms with E-state index in [0.29, 0.717) is 53.7 Å². The Kier molecular flexibility index (Phi) is 4.76. The van der Waals surface area contributed by atoms with E-state index in [1.807, 2.05) is 12.1 Å². The van der Waals surface area contributed by atoms with Gasteiger partial charge in [-0.1, -0.05) is 12.1 Å². The van der Waals surface area contributed by atoms with E-state index in [-0.39, 0.29) is 18.5 Å². The number of esters is 2. The smallest absolute Gasteiger partial charge is 0.350 e. The molecule has 0 N–H and O–H groups in total.